The van der Waals surface area contributed by atoms with Crippen molar-refractivity contribution in [2.24, 2.45) is 0 Å². The van der Waals surface area contributed by atoms with Gasteiger partial charge in [0.1, 0.15) is 0 Å². The van der Waals surface area contributed by atoms with Gasteiger partial charge in [-0.05, 0) is 78.0 Å². The van der Waals surface area contributed by atoms with Crippen LogP contribution in [0.25, 0.3) is 0 Å². The SMILES string of the molecule is CC(OC(=O)c1ccc(N)cc1)C(=O)Nc1ccc(I)cc1. The molecule has 0 saturated heterocycles. The van der Waals surface area contributed by atoms with Crippen LogP contribution in [0, 0.1) is 3.57 Å². The zero-order valence-corrected chi connectivity index (χ0v) is 14.0. The van der Waals surface area contributed by atoms with Crippen LogP contribution in [0.2, 0.25) is 0 Å². The summed E-state index contributed by atoms with van der Waals surface area (Å²) >= 11 is 2.18. The van der Waals surface area contributed by atoms with E-state index in [9.17, 15) is 9.59 Å². The zero-order chi connectivity index (χ0) is 16.1. The van der Waals surface area contributed by atoms with Gasteiger partial charge in [0.05, 0.1) is 5.56 Å². The topological polar surface area (TPSA) is 81.4 Å². The zero-order valence-electron chi connectivity index (χ0n) is 11.9. The number of carbonyl (C=O) groups is 2. The van der Waals surface area contributed by atoms with E-state index < -0.39 is 12.1 Å². The smallest absolute Gasteiger partial charge is 0.338 e. The maximum atomic E-state index is 12.0. The molecule has 0 aliphatic rings. The number of nitrogens with two attached hydrogens (primary N) is 1. The van der Waals surface area contributed by atoms with Crippen LogP contribution in [-0.4, -0.2) is 18.0 Å². The predicted octanol–water partition coefficient (Wildman–Crippen LogP) is 3.06. The van der Waals surface area contributed by atoms with Crippen molar-refractivity contribution in [3.8, 4) is 0 Å². The van der Waals surface area contributed by atoms with Crippen molar-refractivity contribution in [2.45, 2.75) is 13.0 Å². The lowest BCUT2D eigenvalue weighted by molar-refractivity contribution is -0.123. The van der Waals surface area contributed by atoms with Gasteiger partial charge in [-0.2, -0.15) is 0 Å². The van der Waals surface area contributed by atoms with Gasteiger partial charge in [0.15, 0.2) is 6.10 Å². The van der Waals surface area contributed by atoms with E-state index in [1.54, 1.807) is 36.4 Å². The van der Waals surface area contributed by atoms with Crippen molar-refractivity contribution in [1.29, 1.82) is 0 Å². The summed E-state index contributed by atoms with van der Waals surface area (Å²) in [4.78, 5) is 23.9. The molecular weight excluding hydrogens is 395 g/mol. The first-order valence-corrected chi connectivity index (χ1v) is 7.66. The molecule has 5 nitrogen and oxygen atoms in total. The second-order valence-electron chi connectivity index (χ2n) is 4.67. The highest BCUT2D eigenvalue weighted by atomic mass is 127. The monoisotopic (exact) mass is 410 g/mol. The van der Waals surface area contributed by atoms with Crippen LogP contribution in [0.3, 0.4) is 0 Å². The minimum absolute atomic E-state index is 0.350. The average molecular weight is 410 g/mol. The molecule has 0 radical (unpaired) electrons. The van der Waals surface area contributed by atoms with E-state index in [1.807, 2.05) is 12.1 Å². The summed E-state index contributed by atoms with van der Waals surface area (Å²) in [7, 11) is 0. The van der Waals surface area contributed by atoms with Crippen molar-refractivity contribution < 1.29 is 14.3 Å². The molecule has 0 fully saturated rings. The van der Waals surface area contributed by atoms with E-state index in [-0.39, 0.29) is 5.91 Å². The van der Waals surface area contributed by atoms with Crippen molar-refractivity contribution in [2.75, 3.05) is 11.1 Å². The van der Waals surface area contributed by atoms with Crippen LogP contribution in [0.4, 0.5) is 11.4 Å². The molecule has 1 amide bonds. The number of ether oxygens (including phenoxy) is 1. The minimum atomic E-state index is -0.899. The molecule has 1 unspecified atom stereocenters. The van der Waals surface area contributed by atoms with Gasteiger partial charge in [-0.25, -0.2) is 4.79 Å². The summed E-state index contributed by atoms with van der Waals surface area (Å²) in [6.45, 7) is 1.53. The Morgan fingerprint density at radius 3 is 2.27 bits per heavy atom. The predicted molar refractivity (Wildman–Crippen MR) is 93.5 cm³/mol. The molecule has 0 aliphatic heterocycles. The average Bonchev–Trinajstić information content (AvgIpc) is 2.50. The summed E-state index contributed by atoms with van der Waals surface area (Å²) < 4.78 is 6.21. The third-order valence-electron chi connectivity index (χ3n) is 2.91. The number of hydrogen-bond donors (Lipinski definition) is 2. The third kappa shape index (κ3) is 4.45. The fourth-order valence-electron chi connectivity index (χ4n) is 1.68. The summed E-state index contributed by atoms with van der Waals surface area (Å²) in [5.41, 5.74) is 7.12. The van der Waals surface area contributed by atoms with Gasteiger partial charge in [-0.3, -0.25) is 4.79 Å². The molecule has 1 atom stereocenters. The fraction of sp³-hybridized carbons (Fsp3) is 0.125. The molecule has 3 N–H and O–H groups in total. The summed E-state index contributed by atoms with van der Waals surface area (Å²) in [6, 6.07) is 13.6. The van der Waals surface area contributed by atoms with Crippen molar-refractivity contribution in [1.82, 2.24) is 0 Å². The van der Waals surface area contributed by atoms with E-state index in [0.717, 1.165) is 3.57 Å². The molecule has 0 bridgehead atoms. The number of benzene rings is 2. The Labute approximate surface area is 142 Å². The molecule has 22 heavy (non-hydrogen) atoms. The number of nitrogens with one attached hydrogen (secondary N) is 1. The van der Waals surface area contributed by atoms with Crippen LogP contribution in [-0.2, 0) is 9.53 Å². The van der Waals surface area contributed by atoms with Gasteiger partial charge >= 0.3 is 5.97 Å². The maximum Gasteiger partial charge on any atom is 0.338 e. The van der Waals surface area contributed by atoms with E-state index >= 15 is 0 Å². The van der Waals surface area contributed by atoms with Crippen LogP contribution >= 0.6 is 22.6 Å². The third-order valence-corrected chi connectivity index (χ3v) is 3.63. The first-order chi connectivity index (χ1) is 10.5. The lowest BCUT2D eigenvalue weighted by Gasteiger charge is -2.13. The lowest BCUT2D eigenvalue weighted by Crippen LogP contribution is -2.30. The normalized spacial score (nSPS) is 11.5. The van der Waals surface area contributed by atoms with Gasteiger partial charge in [0, 0.05) is 14.9 Å². The largest absolute Gasteiger partial charge is 0.449 e. The summed E-state index contributed by atoms with van der Waals surface area (Å²) in [6.07, 6.45) is -0.899. The number of rotatable bonds is 4. The standard InChI is InChI=1S/C16H15IN2O3/c1-10(15(20)19-14-8-4-12(17)5-9-14)22-16(21)11-2-6-13(18)7-3-11/h2-10H,18H2,1H3,(H,19,20). The van der Waals surface area contributed by atoms with Crippen molar-refractivity contribution >= 4 is 45.8 Å². The quantitative estimate of drug-likeness (QED) is 0.461. The van der Waals surface area contributed by atoms with Gasteiger partial charge < -0.3 is 15.8 Å². The fourth-order valence-corrected chi connectivity index (χ4v) is 2.04. The number of anilines is 2. The van der Waals surface area contributed by atoms with Crippen molar-refractivity contribution in [3.05, 3.63) is 57.7 Å². The van der Waals surface area contributed by atoms with Crippen LogP contribution in [0.5, 0.6) is 0 Å². The van der Waals surface area contributed by atoms with Gasteiger partial charge in [-0.15, -0.1) is 0 Å². The number of halogens is 1. The molecule has 0 heterocycles. The minimum Gasteiger partial charge on any atom is -0.449 e. The molecule has 2 aromatic carbocycles. The number of carbonyl (C=O) groups excluding carboxylic acids is 2. The Bertz CT molecular complexity index is 669. The number of hydrogen-bond acceptors (Lipinski definition) is 4. The Hall–Kier alpha value is -2.09. The lowest BCUT2D eigenvalue weighted by atomic mass is 10.2. The Morgan fingerprint density at radius 1 is 1.09 bits per heavy atom. The first-order valence-electron chi connectivity index (χ1n) is 6.58. The highest BCUT2D eigenvalue weighted by molar-refractivity contribution is 14.1. The Morgan fingerprint density at radius 2 is 1.68 bits per heavy atom. The number of amides is 1. The van der Waals surface area contributed by atoms with Crippen LogP contribution in [0.15, 0.2) is 48.5 Å². The molecular formula is C16H15IN2O3. The summed E-state index contributed by atoms with van der Waals surface area (Å²) in [5.74, 6) is -0.949. The highest BCUT2D eigenvalue weighted by Crippen LogP contribution is 2.13. The van der Waals surface area contributed by atoms with E-state index in [2.05, 4.69) is 27.9 Å². The molecule has 0 saturated carbocycles. The van der Waals surface area contributed by atoms with Gasteiger partial charge in [0.2, 0.25) is 0 Å². The first kappa shape index (κ1) is 16.3. The van der Waals surface area contributed by atoms with Crippen LogP contribution in [0.1, 0.15) is 17.3 Å². The van der Waals surface area contributed by atoms with Gasteiger partial charge in [-0.1, -0.05) is 0 Å². The number of nitrogen functional groups attached to an aromatic ring is 1. The maximum absolute atomic E-state index is 12.0. The van der Waals surface area contributed by atoms with Gasteiger partial charge in [0.25, 0.3) is 5.91 Å². The Kier molecular flexibility index (Phi) is 5.37. The molecule has 0 aliphatic carbocycles. The highest BCUT2D eigenvalue weighted by Gasteiger charge is 2.18. The molecule has 0 aromatic heterocycles. The van der Waals surface area contributed by atoms with E-state index in [1.165, 1.54) is 6.92 Å². The molecule has 6 heteroatoms. The van der Waals surface area contributed by atoms with Crippen LogP contribution < -0.4 is 11.1 Å². The van der Waals surface area contributed by atoms with Crippen molar-refractivity contribution in [3.63, 3.8) is 0 Å². The second-order valence-corrected chi connectivity index (χ2v) is 5.91. The van der Waals surface area contributed by atoms with E-state index in [0.29, 0.717) is 16.9 Å². The molecule has 2 rings (SSSR count). The molecule has 114 valence electrons. The summed E-state index contributed by atoms with van der Waals surface area (Å²) in [5, 5.41) is 2.70. The molecule has 2 aromatic rings. The number of esters is 1. The Balaban J connectivity index is 1.94. The van der Waals surface area contributed by atoms with E-state index in [4.69, 9.17) is 10.5 Å². The second kappa shape index (κ2) is 7.26. The molecule has 0 spiro atoms.